The Bertz CT molecular complexity index is 454. The van der Waals surface area contributed by atoms with Crippen molar-refractivity contribution in [2.75, 3.05) is 20.2 Å². The summed E-state index contributed by atoms with van der Waals surface area (Å²) in [5, 5.41) is 0. The molecule has 0 saturated carbocycles. The first kappa shape index (κ1) is 14.8. The van der Waals surface area contributed by atoms with Gasteiger partial charge in [0.15, 0.2) is 0 Å². The zero-order valence-corrected chi connectivity index (χ0v) is 12.6. The van der Waals surface area contributed by atoms with Crippen LogP contribution in [-0.4, -0.2) is 36.2 Å². The second-order valence-electron chi connectivity index (χ2n) is 5.55. The van der Waals surface area contributed by atoms with E-state index in [0.717, 1.165) is 32.4 Å². The molecule has 0 N–H and O–H groups in total. The van der Waals surface area contributed by atoms with E-state index in [1.165, 1.54) is 18.4 Å². The lowest BCUT2D eigenvalue weighted by atomic mass is 9.88. The fourth-order valence-electron chi connectivity index (χ4n) is 2.72. The standard InChI is InChI=1S/C16H24N2O2/c1-4-12(2)15-11-14(5-8-17-15)13-6-9-18(10-7-13)16(19)20-3/h5,8,11-13H,4,6-7,9-10H2,1-3H3. The fraction of sp³-hybridized carbons (Fsp3) is 0.625. The third kappa shape index (κ3) is 3.30. The SMILES string of the molecule is CCC(C)c1cc(C2CCN(C(=O)OC)CC2)ccn1. The summed E-state index contributed by atoms with van der Waals surface area (Å²) in [6.07, 6.45) is 4.82. The Hall–Kier alpha value is -1.58. The number of ether oxygens (including phenoxy) is 1. The molecule has 0 aromatic carbocycles. The topological polar surface area (TPSA) is 42.4 Å². The first-order valence-electron chi connectivity index (χ1n) is 7.44. The Morgan fingerprint density at radius 3 is 2.80 bits per heavy atom. The molecule has 1 saturated heterocycles. The summed E-state index contributed by atoms with van der Waals surface area (Å²) in [5.41, 5.74) is 2.54. The van der Waals surface area contributed by atoms with Crippen molar-refractivity contribution in [2.24, 2.45) is 0 Å². The van der Waals surface area contributed by atoms with E-state index in [1.807, 2.05) is 6.20 Å². The van der Waals surface area contributed by atoms with Crippen LogP contribution in [0.2, 0.25) is 0 Å². The highest BCUT2D eigenvalue weighted by Crippen LogP contribution is 2.29. The Morgan fingerprint density at radius 1 is 1.50 bits per heavy atom. The van der Waals surface area contributed by atoms with E-state index < -0.39 is 0 Å². The molecule has 0 spiro atoms. The number of carbonyl (C=O) groups excluding carboxylic acids is 1. The van der Waals surface area contributed by atoms with Gasteiger partial charge in [-0.05, 0) is 48.8 Å². The number of methoxy groups -OCH3 is 1. The predicted octanol–water partition coefficient (Wildman–Crippen LogP) is 3.54. The summed E-state index contributed by atoms with van der Waals surface area (Å²) in [7, 11) is 1.44. The average Bonchev–Trinajstić information content (AvgIpc) is 2.53. The number of rotatable bonds is 3. The molecule has 1 aliphatic rings. The third-order valence-corrected chi connectivity index (χ3v) is 4.32. The van der Waals surface area contributed by atoms with Crippen LogP contribution in [0.5, 0.6) is 0 Å². The van der Waals surface area contributed by atoms with E-state index in [2.05, 4.69) is 31.0 Å². The Morgan fingerprint density at radius 2 is 2.20 bits per heavy atom. The number of nitrogens with zero attached hydrogens (tertiary/aromatic N) is 2. The smallest absolute Gasteiger partial charge is 0.409 e. The van der Waals surface area contributed by atoms with Gasteiger partial charge in [0.1, 0.15) is 0 Å². The quantitative estimate of drug-likeness (QED) is 0.848. The number of piperidine rings is 1. The molecule has 2 heterocycles. The van der Waals surface area contributed by atoms with Gasteiger partial charge in [-0.3, -0.25) is 4.98 Å². The summed E-state index contributed by atoms with van der Waals surface area (Å²) < 4.78 is 4.77. The molecular weight excluding hydrogens is 252 g/mol. The zero-order valence-electron chi connectivity index (χ0n) is 12.6. The molecule has 0 bridgehead atoms. The average molecular weight is 276 g/mol. The van der Waals surface area contributed by atoms with Crippen LogP contribution in [0.15, 0.2) is 18.3 Å². The van der Waals surface area contributed by atoms with Crippen molar-refractivity contribution < 1.29 is 9.53 Å². The van der Waals surface area contributed by atoms with Crippen molar-refractivity contribution in [1.82, 2.24) is 9.88 Å². The fourth-order valence-corrected chi connectivity index (χ4v) is 2.72. The van der Waals surface area contributed by atoms with Crippen LogP contribution in [0, 0.1) is 0 Å². The molecule has 2 rings (SSSR count). The minimum atomic E-state index is -0.210. The molecule has 1 unspecified atom stereocenters. The summed E-state index contributed by atoms with van der Waals surface area (Å²) >= 11 is 0. The number of likely N-dealkylation sites (tertiary alicyclic amines) is 1. The maximum atomic E-state index is 11.5. The molecule has 1 aromatic heterocycles. The van der Waals surface area contributed by atoms with E-state index in [0.29, 0.717) is 11.8 Å². The molecule has 0 radical (unpaired) electrons. The lowest BCUT2D eigenvalue weighted by molar-refractivity contribution is 0.112. The van der Waals surface area contributed by atoms with Crippen LogP contribution in [0.3, 0.4) is 0 Å². The van der Waals surface area contributed by atoms with Gasteiger partial charge in [-0.15, -0.1) is 0 Å². The van der Waals surface area contributed by atoms with E-state index in [1.54, 1.807) is 4.90 Å². The largest absolute Gasteiger partial charge is 0.453 e. The lowest BCUT2D eigenvalue weighted by Crippen LogP contribution is -2.37. The molecule has 1 aliphatic heterocycles. The zero-order chi connectivity index (χ0) is 14.5. The van der Waals surface area contributed by atoms with Gasteiger partial charge in [-0.2, -0.15) is 0 Å². The number of amides is 1. The molecule has 20 heavy (non-hydrogen) atoms. The van der Waals surface area contributed by atoms with Gasteiger partial charge in [0.25, 0.3) is 0 Å². The van der Waals surface area contributed by atoms with Crippen molar-refractivity contribution in [2.45, 2.75) is 44.9 Å². The van der Waals surface area contributed by atoms with Crippen molar-refractivity contribution in [3.8, 4) is 0 Å². The minimum Gasteiger partial charge on any atom is -0.453 e. The third-order valence-electron chi connectivity index (χ3n) is 4.32. The molecule has 4 nitrogen and oxygen atoms in total. The van der Waals surface area contributed by atoms with Crippen molar-refractivity contribution >= 4 is 6.09 Å². The summed E-state index contributed by atoms with van der Waals surface area (Å²) in [6, 6.07) is 4.36. The first-order valence-corrected chi connectivity index (χ1v) is 7.44. The second kappa shape index (κ2) is 6.73. The summed E-state index contributed by atoms with van der Waals surface area (Å²) in [4.78, 5) is 17.7. The second-order valence-corrected chi connectivity index (χ2v) is 5.55. The molecule has 1 aromatic rings. The summed E-state index contributed by atoms with van der Waals surface area (Å²) in [5.74, 6) is 1.03. The van der Waals surface area contributed by atoms with E-state index in [9.17, 15) is 4.79 Å². The lowest BCUT2D eigenvalue weighted by Gasteiger charge is -2.31. The number of carbonyl (C=O) groups is 1. The molecule has 110 valence electrons. The summed E-state index contributed by atoms with van der Waals surface area (Å²) in [6.45, 7) is 5.95. The van der Waals surface area contributed by atoms with Crippen LogP contribution >= 0.6 is 0 Å². The molecule has 1 amide bonds. The van der Waals surface area contributed by atoms with Crippen LogP contribution in [0.1, 0.15) is 56.2 Å². The van der Waals surface area contributed by atoms with Gasteiger partial charge >= 0.3 is 6.09 Å². The van der Waals surface area contributed by atoms with Gasteiger partial charge in [-0.1, -0.05) is 13.8 Å². The monoisotopic (exact) mass is 276 g/mol. The van der Waals surface area contributed by atoms with Crippen LogP contribution < -0.4 is 0 Å². The van der Waals surface area contributed by atoms with Crippen LogP contribution in [0.25, 0.3) is 0 Å². The van der Waals surface area contributed by atoms with Gasteiger partial charge in [0.2, 0.25) is 0 Å². The number of aromatic nitrogens is 1. The van der Waals surface area contributed by atoms with Crippen LogP contribution in [0.4, 0.5) is 4.79 Å². The normalized spacial score (nSPS) is 17.9. The molecular formula is C16H24N2O2. The molecule has 0 aliphatic carbocycles. The molecule has 1 atom stereocenters. The highest BCUT2D eigenvalue weighted by molar-refractivity contribution is 5.67. The van der Waals surface area contributed by atoms with Crippen molar-refractivity contribution in [3.05, 3.63) is 29.6 Å². The predicted molar refractivity (Wildman–Crippen MR) is 78.9 cm³/mol. The molecule has 1 fully saturated rings. The minimum absolute atomic E-state index is 0.210. The Balaban J connectivity index is 2.02. The molecule has 4 heteroatoms. The number of hydrogen-bond donors (Lipinski definition) is 0. The first-order chi connectivity index (χ1) is 9.65. The highest BCUT2D eigenvalue weighted by atomic mass is 16.5. The maximum Gasteiger partial charge on any atom is 0.409 e. The van der Waals surface area contributed by atoms with Gasteiger partial charge in [0.05, 0.1) is 7.11 Å². The Labute approximate surface area is 121 Å². The van der Waals surface area contributed by atoms with Gasteiger partial charge < -0.3 is 9.64 Å². The van der Waals surface area contributed by atoms with E-state index >= 15 is 0 Å². The maximum absolute atomic E-state index is 11.5. The van der Waals surface area contributed by atoms with Crippen molar-refractivity contribution in [1.29, 1.82) is 0 Å². The Kier molecular flexibility index (Phi) is 4.99. The van der Waals surface area contributed by atoms with Crippen LogP contribution in [-0.2, 0) is 4.74 Å². The number of hydrogen-bond acceptors (Lipinski definition) is 3. The van der Waals surface area contributed by atoms with E-state index in [-0.39, 0.29) is 6.09 Å². The van der Waals surface area contributed by atoms with Crippen molar-refractivity contribution in [3.63, 3.8) is 0 Å². The highest BCUT2D eigenvalue weighted by Gasteiger charge is 2.24. The van der Waals surface area contributed by atoms with Gasteiger partial charge in [-0.25, -0.2) is 4.79 Å². The number of pyridine rings is 1. The van der Waals surface area contributed by atoms with E-state index in [4.69, 9.17) is 4.74 Å². The van der Waals surface area contributed by atoms with Gasteiger partial charge in [0, 0.05) is 25.0 Å².